The quantitative estimate of drug-likeness (QED) is 0.891. The van der Waals surface area contributed by atoms with E-state index >= 15 is 0 Å². The summed E-state index contributed by atoms with van der Waals surface area (Å²) in [5.41, 5.74) is 0.399. The van der Waals surface area contributed by atoms with Gasteiger partial charge in [0, 0.05) is 35.0 Å². The number of nitrogens with zero attached hydrogens (tertiary/aromatic N) is 2. The highest BCUT2D eigenvalue weighted by atomic mass is 35.5. The van der Waals surface area contributed by atoms with Gasteiger partial charge in [-0.1, -0.05) is 11.6 Å². The molecule has 0 saturated carbocycles. The molecule has 1 rings (SSSR count). The molecule has 2 atom stereocenters. The van der Waals surface area contributed by atoms with Crippen LogP contribution in [0.1, 0.15) is 18.9 Å². The zero-order valence-electron chi connectivity index (χ0n) is 9.74. The van der Waals surface area contributed by atoms with Gasteiger partial charge in [-0.05, 0) is 19.4 Å². The molecule has 0 aliphatic rings. The Morgan fingerprint density at radius 2 is 2.41 bits per heavy atom. The van der Waals surface area contributed by atoms with Gasteiger partial charge in [-0.25, -0.2) is 4.98 Å². The fourth-order valence-corrected chi connectivity index (χ4v) is 2.17. The third-order valence-corrected chi connectivity index (χ3v) is 3.42. The fraction of sp³-hybridized carbons (Fsp3) is 0.455. The van der Waals surface area contributed by atoms with Crippen molar-refractivity contribution in [1.82, 2.24) is 4.98 Å². The molecule has 0 aromatic carbocycles. The largest absolute Gasteiger partial charge is 0.366 e. The van der Waals surface area contributed by atoms with E-state index in [1.54, 1.807) is 12.3 Å². The number of hydrogen-bond acceptors (Lipinski definition) is 4. The molecule has 6 heteroatoms. The van der Waals surface area contributed by atoms with E-state index in [1.807, 2.05) is 13.0 Å². The van der Waals surface area contributed by atoms with Gasteiger partial charge >= 0.3 is 0 Å². The lowest BCUT2D eigenvalue weighted by Crippen LogP contribution is -2.19. The summed E-state index contributed by atoms with van der Waals surface area (Å²) in [6.45, 7) is 1.96. The molecule has 0 amide bonds. The monoisotopic (exact) mass is 271 g/mol. The Morgan fingerprint density at radius 1 is 1.71 bits per heavy atom. The number of aromatic nitrogens is 1. The first kappa shape index (κ1) is 13.9. The van der Waals surface area contributed by atoms with Gasteiger partial charge in [0.05, 0.1) is 5.56 Å². The number of halogens is 1. The van der Waals surface area contributed by atoms with Crippen molar-refractivity contribution in [2.75, 3.05) is 17.3 Å². The lowest BCUT2D eigenvalue weighted by Gasteiger charge is -2.14. The molecule has 0 saturated heterocycles. The van der Waals surface area contributed by atoms with E-state index < -0.39 is 10.8 Å². The van der Waals surface area contributed by atoms with Gasteiger partial charge < -0.3 is 5.32 Å². The van der Waals surface area contributed by atoms with E-state index in [9.17, 15) is 4.21 Å². The second kappa shape index (κ2) is 6.58. The second-order valence-corrected chi connectivity index (χ2v) is 5.68. The predicted octanol–water partition coefficient (Wildman–Crippen LogP) is 2.18. The smallest absolute Gasteiger partial charge is 0.146 e. The molecular formula is C11H14ClN3OS. The van der Waals surface area contributed by atoms with Gasteiger partial charge in [-0.15, -0.1) is 0 Å². The molecule has 0 bridgehead atoms. The number of rotatable bonds is 5. The first-order chi connectivity index (χ1) is 8.04. The lowest BCUT2D eigenvalue weighted by atomic mass is 10.2. The minimum atomic E-state index is -0.801. The van der Waals surface area contributed by atoms with Gasteiger partial charge in [0.1, 0.15) is 16.9 Å². The van der Waals surface area contributed by atoms with Crippen LogP contribution in [-0.4, -0.2) is 27.2 Å². The van der Waals surface area contributed by atoms with Crippen molar-refractivity contribution in [2.24, 2.45) is 0 Å². The zero-order valence-corrected chi connectivity index (χ0v) is 11.3. The Labute approximate surface area is 108 Å². The van der Waals surface area contributed by atoms with Crippen LogP contribution in [0.3, 0.4) is 0 Å². The van der Waals surface area contributed by atoms with Crippen LogP contribution in [0.2, 0.25) is 5.02 Å². The molecule has 0 radical (unpaired) electrons. The Kier molecular flexibility index (Phi) is 5.39. The van der Waals surface area contributed by atoms with Crippen LogP contribution in [0, 0.1) is 11.3 Å². The summed E-state index contributed by atoms with van der Waals surface area (Å²) in [7, 11) is -0.801. The first-order valence-electron chi connectivity index (χ1n) is 5.15. The van der Waals surface area contributed by atoms with Crippen LogP contribution >= 0.6 is 11.6 Å². The van der Waals surface area contributed by atoms with Gasteiger partial charge in [-0.3, -0.25) is 4.21 Å². The number of nitrogens with one attached hydrogen (secondary N) is 1. The minimum Gasteiger partial charge on any atom is -0.366 e. The average molecular weight is 272 g/mol. The highest BCUT2D eigenvalue weighted by Crippen LogP contribution is 2.23. The fourth-order valence-electron chi connectivity index (χ4n) is 1.28. The summed E-state index contributed by atoms with van der Waals surface area (Å²) in [5.74, 6) is 1.13. The summed E-state index contributed by atoms with van der Waals surface area (Å²) in [6, 6.07) is 3.68. The highest BCUT2D eigenvalue weighted by Gasteiger charge is 2.10. The molecule has 0 aliphatic heterocycles. The Morgan fingerprint density at radius 3 is 3.00 bits per heavy atom. The molecule has 1 aromatic rings. The molecule has 1 aromatic heterocycles. The van der Waals surface area contributed by atoms with Crippen molar-refractivity contribution in [3.05, 3.63) is 22.8 Å². The van der Waals surface area contributed by atoms with Crippen LogP contribution in [0.25, 0.3) is 0 Å². The van der Waals surface area contributed by atoms with Gasteiger partial charge in [-0.2, -0.15) is 5.26 Å². The van der Waals surface area contributed by atoms with Gasteiger partial charge in [0.15, 0.2) is 0 Å². The second-order valence-electron chi connectivity index (χ2n) is 3.74. The van der Waals surface area contributed by atoms with E-state index in [4.69, 9.17) is 16.9 Å². The number of anilines is 1. The third-order valence-electron chi connectivity index (χ3n) is 2.23. The summed E-state index contributed by atoms with van der Waals surface area (Å²) in [5, 5.41) is 12.3. The minimum absolute atomic E-state index is 0.109. The van der Waals surface area contributed by atoms with Gasteiger partial charge in [0.2, 0.25) is 0 Å². The van der Waals surface area contributed by atoms with Crippen LogP contribution in [0.5, 0.6) is 0 Å². The maximum atomic E-state index is 11.0. The van der Waals surface area contributed by atoms with Crippen LogP contribution in [0.4, 0.5) is 5.82 Å². The Hall–Kier alpha value is -1.12. The van der Waals surface area contributed by atoms with Gasteiger partial charge in [0.25, 0.3) is 0 Å². The lowest BCUT2D eigenvalue weighted by molar-refractivity contribution is 0.678. The van der Waals surface area contributed by atoms with Crippen molar-refractivity contribution in [1.29, 1.82) is 5.26 Å². The van der Waals surface area contributed by atoms with E-state index in [2.05, 4.69) is 10.3 Å². The van der Waals surface area contributed by atoms with Crippen LogP contribution in [-0.2, 0) is 10.8 Å². The predicted molar refractivity (Wildman–Crippen MR) is 70.6 cm³/mol. The first-order valence-corrected chi connectivity index (χ1v) is 7.26. The van der Waals surface area contributed by atoms with E-state index in [1.165, 1.54) is 6.20 Å². The topological polar surface area (TPSA) is 65.8 Å². The van der Waals surface area contributed by atoms with E-state index in [0.29, 0.717) is 22.2 Å². The van der Waals surface area contributed by atoms with E-state index in [0.717, 1.165) is 6.42 Å². The molecule has 0 fully saturated rings. The number of nitriles is 1. The zero-order chi connectivity index (χ0) is 12.8. The highest BCUT2D eigenvalue weighted by molar-refractivity contribution is 7.84. The van der Waals surface area contributed by atoms with Crippen LogP contribution < -0.4 is 5.32 Å². The van der Waals surface area contributed by atoms with Crippen LogP contribution in [0.15, 0.2) is 12.3 Å². The number of pyridine rings is 1. The SMILES string of the molecule is CC(CCS(C)=O)Nc1nccc(C#N)c1Cl. The molecule has 2 unspecified atom stereocenters. The van der Waals surface area contributed by atoms with Crippen molar-refractivity contribution >= 4 is 28.2 Å². The van der Waals surface area contributed by atoms with Crippen molar-refractivity contribution in [2.45, 2.75) is 19.4 Å². The molecule has 4 nitrogen and oxygen atoms in total. The van der Waals surface area contributed by atoms with Crippen molar-refractivity contribution in [3.63, 3.8) is 0 Å². The molecule has 1 N–H and O–H groups in total. The molecule has 0 aliphatic carbocycles. The number of hydrogen-bond donors (Lipinski definition) is 1. The molecular weight excluding hydrogens is 258 g/mol. The summed E-state index contributed by atoms with van der Waals surface area (Å²) >= 11 is 6.01. The molecule has 0 spiro atoms. The molecule has 17 heavy (non-hydrogen) atoms. The molecule has 92 valence electrons. The summed E-state index contributed by atoms with van der Waals surface area (Å²) < 4.78 is 11.0. The maximum absolute atomic E-state index is 11.0. The Balaban J connectivity index is 2.69. The standard InChI is InChI=1S/C11H14ClN3OS/c1-8(4-6-17(2)16)15-11-10(12)9(7-13)3-5-14-11/h3,5,8H,4,6H2,1-2H3,(H,14,15). The third kappa shape index (κ3) is 4.33. The van der Waals surface area contributed by atoms with E-state index in [-0.39, 0.29) is 6.04 Å². The Bertz CT molecular complexity index is 459. The maximum Gasteiger partial charge on any atom is 0.146 e. The molecule has 1 heterocycles. The van der Waals surface area contributed by atoms with Crippen molar-refractivity contribution in [3.8, 4) is 6.07 Å². The van der Waals surface area contributed by atoms with Crippen molar-refractivity contribution < 1.29 is 4.21 Å². The summed E-state index contributed by atoms with van der Waals surface area (Å²) in [4.78, 5) is 4.08. The average Bonchev–Trinajstić information content (AvgIpc) is 2.29. The summed E-state index contributed by atoms with van der Waals surface area (Å²) in [6.07, 6.45) is 3.98. The normalized spacial score (nSPS) is 13.8.